The number of ether oxygens (including phenoxy) is 3. The van der Waals surface area contributed by atoms with Crippen LogP contribution < -0.4 is 4.74 Å². The maximum Gasteiger partial charge on any atom is 0.410 e. The highest BCUT2D eigenvalue weighted by atomic mass is 16.6. The molecule has 128 heavy (non-hydrogen) atoms. The molecule has 0 saturated carbocycles. The number of hydrogen-bond acceptors (Lipinski definition) is 14. The van der Waals surface area contributed by atoms with E-state index in [4.69, 9.17) is 19.3 Å². The van der Waals surface area contributed by atoms with Gasteiger partial charge in [0.2, 0.25) is 5.91 Å². The van der Waals surface area contributed by atoms with Crippen molar-refractivity contribution in [3.05, 3.63) is 382 Å². The molecule has 24 nitrogen and oxygen atoms in total. The summed E-state index contributed by atoms with van der Waals surface area (Å²) < 4.78 is 18.9. The van der Waals surface area contributed by atoms with Gasteiger partial charge in [-0.2, -0.15) is 25.5 Å². The number of carbonyl (C=O) groups is 5. The van der Waals surface area contributed by atoms with E-state index in [9.17, 15) is 29.1 Å². The normalized spacial score (nSPS) is 13.9. The van der Waals surface area contributed by atoms with Crippen LogP contribution in [0.3, 0.4) is 0 Å². The van der Waals surface area contributed by atoms with E-state index in [0.717, 1.165) is 169 Å². The number of benzene rings is 10. The van der Waals surface area contributed by atoms with Crippen molar-refractivity contribution >= 4 is 29.9 Å². The Morgan fingerprint density at radius 1 is 0.383 bits per heavy atom. The summed E-state index contributed by atoms with van der Waals surface area (Å²) >= 11 is 0. The summed E-state index contributed by atoms with van der Waals surface area (Å²) in [5.74, 6) is 0.634. The highest BCUT2D eigenvalue weighted by molar-refractivity contribution is 5.83. The number of H-pyrrole nitrogens is 4. The van der Waals surface area contributed by atoms with Crippen LogP contribution in [0.2, 0.25) is 0 Å². The van der Waals surface area contributed by atoms with Gasteiger partial charge in [-0.25, -0.2) is 9.59 Å². The number of aromatic nitrogens is 10. The maximum absolute atomic E-state index is 12.7. The van der Waals surface area contributed by atoms with Crippen molar-refractivity contribution in [3.63, 3.8) is 0 Å². The zero-order valence-electron chi connectivity index (χ0n) is 71.8. The highest BCUT2D eigenvalue weighted by Gasteiger charge is 2.34. The van der Waals surface area contributed by atoms with Crippen LogP contribution in [0, 0.1) is 0 Å². The highest BCUT2D eigenvalue weighted by Crippen LogP contribution is 2.36. The average molecular weight is 1710 g/mol. The number of aliphatic hydroxyl groups is 1. The zero-order chi connectivity index (χ0) is 87.9. The first kappa shape index (κ1) is 86.5. The number of aryl methyl sites for hydroxylation is 1. The molecule has 24 heteroatoms. The monoisotopic (exact) mass is 1710 g/mol. The number of hydrogen-bond donors (Lipinski definition) is 5. The molecular formula is C104H103N15O9. The summed E-state index contributed by atoms with van der Waals surface area (Å²) in [5, 5.41) is 45.6. The topological polar surface area (TPSA) is 282 Å². The quantitative estimate of drug-likeness (QED) is 0.0534. The number of carbonyl (C=O) groups excluding carboxylic acids is 5. The van der Waals surface area contributed by atoms with Gasteiger partial charge in [0.25, 0.3) is 11.8 Å². The Hall–Kier alpha value is -15.0. The van der Waals surface area contributed by atoms with E-state index >= 15 is 0 Å². The van der Waals surface area contributed by atoms with Crippen LogP contribution in [-0.2, 0) is 108 Å². The first-order valence-electron chi connectivity index (χ1n) is 43.7. The molecule has 648 valence electrons. The van der Waals surface area contributed by atoms with Crippen LogP contribution in [0.4, 0.5) is 9.59 Å². The third kappa shape index (κ3) is 21.3. The van der Waals surface area contributed by atoms with Crippen molar-refractivity contribution in [2.75, 3.05) is 39.3 Å². The molecule has 5 aliphatic heterocycles. The van der Waals surface area contributed by atoms with Crippen molar-refractivity contribution in [1.82, 2.24) is 75.1 Å². The van der Waals surface area contributed by atoms with Gasteiger partial charge in [0.15, 0.2) is 12.7 Å². The summed E-state index contributed by atoms with van der Waals surface area (Å²) in [6.07, 6.45) is 3.34. The molecule has 5 aromatic heterocycles. The van der Waals surface area contributed by atoms with Gasteiger partial charge in [0.1, 0.15) is 18.5 Å². The smallest absolute Gasteiger partial charge is 0.410 e. The van der Waals surface area contributed by atoms with Crippen molar-refractivity contribution in [3.8, 4) is 62.0 Å². The van der Waals surface area contributed by atoms with Gasteiger partial charge in [-0.05, 0) is 47.7 Å². The molecule has 10 aromatic carbocycles. The number of nitrogens with zero attached hydrogens (tertiary/aromatic N) is 11. The number of fused-ring (bicyclic) bond motifs is 5. The van der Waals surface area contributed by atoms with Crippen molar-refractivity contribution in [1.29, 1.82) is 0 Å². The number of nitrogens with one attached hydrogen (secondary N) is 4. The minimum absolute atomic E-state index is 0.0109. The summed E-state index contributed by atoms with van der Waals surface area (Å²) in [4.78, 5) is 72.2. The molecule has 10 heterocycles. The molecule has 0 fully saturated rings. The molecule has 5 N–H and O–H groups in total. The van der Waals surface area contributed by atoms with Gasteiger partial charge < -0.3 is 43.8 Å². The van der Waals surface area contributed by atoms with E-state index < -0.39 is 6.10 Å². The number of para-hydroxylation sites is 1. The van der Waals surface area contributed by atoms with E-state index in [1.54, 1.807) is 26.8 Å². The van der Waals surface area contributed by atoms with Crippen LogP contribution in [0.5, 0.6) is 5.75 Å². The van der Waals surface area contributed by atoms with Gasteiger partial charge in [-0.15, -0.1) is 0 Å². The Bertz CT molecular complexity index is 6140. The summed E-state index contributed by atoms with van der Waals surface area (Å²) in [7, 11) is 0. The summed E-state index contributed by atoms with van der Waals surface area (Å²) in [6.45, 7) is 11.2. The second-order valence-corrected chi connectivity index (χ2v) is 32.0. The molecule has 5 aliphatic rings. The summed E-state index contributed by atoms with van der Waals surface area (Å²) in [6, 6.07) is 98.4. The second kappa shape index (κ2) is 42.1. The van der Waals surface area contributed by atoms with Crippen molar-refractivity contribution in [2.45, 2.75) is 117 Å². The van der Waals surface area contributed by atoms with Gasteiger partial charge in [-0.1, -0.05) is 298 Å². The Balaban J connectivity index is 0.000000118. The Morgan fingerprint density at radius 2 is 0.734 bits per heavy atom. The molecule has 15 aromatic rings. The van der Waals surface area contributed by atoms with E-state index in [1.807, 2.05) is 284 Å². The Labute approximate surface area is 744 Å². The predicted octanol–water partition coefficient (Wildman–Crippen LogP) is 17.9. The lowest BCUT2D eigenvalue weighted by atomic mass is 10.00. The fourth-order valence-electron chi connectivity index (χ4n) is 16.6. The third-order valence-corrected chi connectivity index (χ3v) is 23.4. The molecule has 0 bridgehead atoms. The third-order valence-electron chi connectivity index (χ3n) is 23.4. The van der Waals surface area contributed by atoms with Crippen LogP contribution in [0.1, 0.15) is 111 Å². The molecule has 0 aliphatic carbocycles. The molecule has 2 unspecified atom stereocenters. The second-order valence-electron chi connectivity index (χ2n) is 32.0. The largest absolute Gasteiger partial charge is 0.484 e. The average Bonchev–Trinajstić information content (AvgIpc) is 1.63. The maximum atomic E-state index is 12.7. The van der Waals surface area contributed by atoms with Crippen LogP contribution in [0.15, 0.2) is 303 Å². The van der Waals surface area contributed by atoms with Crippen LogP contribution >= 0.6 is 0 Å². The Kier molecular flexibility index (Phi) is 28.4. The molecule has 5 amide bonds. The van der Waals surface area contributed by atoms with Gasteiger partial charge in [0, 0.05) is 169 Å². The molecular weight excluding hydrogens is 1600 g/mol. The standard InChI is InChI=1S/C23H25N3O2.C21H21N3O2.2C20H19N3O2.C20H19N3O/c1-2-14-26-23(18-9-5-3-6-10-18)20-16-25(15-13-21(20)24-26)22(27)17-28-19-11-7-4-8-12-19;1-15(16-8-4-2-5-9-16)26-21(25)24-13-12-19-18(14-24)20(23-22-19)17-10-6-3-7-11-17;24-20(25-14-15-7-3-1-4-8-15)23-12-11-18-17(13-23)19(22-21-18)16-9-5-2-6-10-16;24-19(15-9-5-2-6-10-15)20(25)23-12-11-17-16(13-23)18(22-21-17)14-7-3-1-4-8-14;24-19(13-15-7-3-1-4-8-15)23-12-11-18-17(14-23)20(22-21-18)16-9-5-2-6-10-16/h3-12H,2,13-17H2,1H3;2-11,15H,12-14H2,1H3,(H,22,23);1-10H,11-14H2,(H,21,22);1-10,19,24H,11-13H2,(H,21,22);1-10H,11-14H2,(H,21,22). The van der Waals surface area contributed by atoms with E-state index in [1.165, 1.54) is 5.56 Å². The fourth-order valence-corrected chi connectivity index (χ4v) is 16.6. The zero-order valence-corrected chi connectivity index (χ0v) is 71.8. The first-order valence-corrected chi connectivity index (χ1v) is 43.7. The molecule has 0 spiro atoms. The van der Waals surface area contributed by atoms with Gasteiger partial charge in [0.05, 0.1) is 53.7 Å². The molecule has 20 rings (SSSR count). The lowest BCUT2D eigenvalue weighted by Crippen LogP contribution is -2.39. The lowest BCUT2D eigenvalue weighted by molar-refractivity contribution is -0.141. The van der Waals surface area contributed by atoms with Crippen LogP contribution in [-0.4, -0.2) is 149 Å². The first-order chi connectivity index (χ1) is 62.8. The predicted molar refractivity (Wildman–Crippen MR) is 491 cm³/mol. The minimum Gasteiger partial charge on any atom is -0.484 e. The van der Waals surface area contributed by atoms with E-state index in [-0.39, 0.29) is 42.6 Å². The fraction of sp³-hybridized carbons (Fsp3) is 0.231. The molecule has 0 saturated heterocycles. The van der Waals surface area contributed by atoms with Gasteiger partial charge in [-0.3, -0.25) is 39.5 Å². The number of amides is 5. The number of aliphatic hydroxyl groups excluding tert-OH is 1. The molecule has 0 radical (unpaired) electrons. The lowest BCUT2D eigenvalue weighted by Gasteiger charge is -2.29. The van der Waals surface area contributed by atoms with Crippen molar-refractivity contribution < 1.29 is 43.3 Å². The molecule has 2 atom stereocenters. The van der Waals surface area contributed by atoms with Crippen molar-refractivity contribution in [2.24, 2.45) is 0 Å². The number of aromatic amines is 4. The Morgan fingerprint density at radius 3 is 1.19 bits per heavy atom. The number of rotatable bonds is 18. The van der Waals surface area contributed by atoms with Crippen LogP contribution in [0.25, 0.3) is 56.3 Å². The summed E-state index contributed by atoms with van der Waals surface area (Å²) in [5.41, 5.74) is 24.9. The SMILES string of the molecule is CC(OC(=O)N1CCc2[nH]nc(-c3ccccc3)c2C1)c1ccccc1.CCCn1nc2c(c1-c1ccccc1)CN(C(=O)COc1ccccc1)CC2.O=C(C(O)c1ccccc1)N1CCc2[nH]nc(-c3ccccc3)c2C1.O=C(Cc1ccccc1)N1CCc2[nH]nc(-c3ccccc3)c2C1.O=C(OCc1ccccc1)N1CCc2[nH]nc(-c3ccccc3)c2C1. The van der Waals surface area contributed by atoms with E-state index in [0.29, 0.717) is 89.7 Å². The van der Waals surface area contributed by atoms with Gasteiger partial charge >= 0.3 is 12.2 Å². The van der Waals surface area contributed by atoms with E-state index in [2.05, 4.69) is 76.7 Å². The minimum atomic E-state index is -1.13.